The molecule has 1 spiro atoms. The van der Waals surface area contributed by atoms with Gasteiger partial charge < -0.3 is 0 Å². The van der Waals surface area contributed by atoms with Crippen LogP contribution in [-0.4, -0.2) is 0 Å². The Kier molecular flexibility index (Phi) is 3.08. The van der Waals surface area contributed by atoms with E-state index >= 15 is 0 Å². The summed E-state index contributed by atoms with van der Waals surface area (Å²) in [6.45, 7) is 0. The van der Waals surface area contributed by atoms with Crippen molar-refractivity contribution in [3.05, 3.63) is 143 Å². The zero-order valence-electron chi connectivity index (χ0n) is 18.9. The summed E-state index contributed by atoms with van der Waals surface area (Å²) in [6.07, 6.45) is 1.23. The lowest BCUT2D eigenvalue weighted by Gasteiger charge is -2.52. The van der Waals surface area contributed by atoms with Crippen LogP contribution in [0.3, 0.4) is 0 Å². The van der Waals surface area contributed by atoms with E-state index in [2.05, 4.69) is 109 Å². The molecule has 9 rings (SSSR count). The standard InChI is InChI=1S/C34H24/c1-2-10-21-19-30-26(17-20(21)9-1)24-13-5-7-15-28(24)34(30)29-16-8-6-14-25(29)32-31-23-12-4-3-11-22(23)18-27(31)33(32)34/h1-17,19,27,31-33H,18H2/t27-,31+,32?,33-,34?/m0/s1. The molecule has 0 bridgehead atoms. The van der Waals surface area contributed by atoms with Crippen LogP contribution in [0.2, 0.25) is 0 Å². The molecule has 0 amide bonds. The van der Waals surface area contributed by atoms with Gasteiger partial charge in [0, 0.05) is 0 Å². The largest absolute Gasteiger partial charge is 0.0620 e. The molecule has 4 aliphatic carbocycles. The quantitative estimate of drug-likeness (QED) is 0.234. The van der Waals surface area contributed by atoms with E-state index < -0.39 is 0 Å². The van der Waals surface area contributed by atoms with Gasteiger partial charge >= 0.3 is 0 Å². The minimum atomic E-state index is -0.0412. The van der Waals surface area contributed by atoms with Crippen molar-refractivity contribution < 1.29 is 0 Å². The molecular formula is C34H24. The average Bonchev–Trinajstić information content (AvgIpc) is 3.44. The zero-order valence-corrected chi connectivity index (χ0v) is 18.9. The van der Waals surface area contributed by atoms with Gasteiger partial charge in [-0.3, -0.25) is 0 Å². The third-order valence-electron chi connectivity index (χ3n) is 9.76. The van der Waals surface area contributed by atoms with E-state index in [1.54, 1.807) is 27.8 Å². The molecule has 1 saturated carbocycles. The molecule has 0 heterocycles. The smallest absolute Gasteiger partial charge is 0.0503 e. The Morgan fingerprint density at radius 1 is 0.529 bits per heavy atom. The molecule has 0 saturated heterocycles. The first kappa shape index (κ1) is 17.8. The molecule has 4 aliphatic rings. The topological polar surface area (TPSA) is 0 Å². The van der Waals surface area contributed by atoms with Gasteiger partial charge in [-0.1, -0.05) is 97.1 Å². The van der Waals surface area contributed by atoms with Crippen LogP contribution in [0, 0.1) is 11.8 Å². The summed E-state index contributed by atoms with van der Waals surface area (Å²) in [5.74, 6) is 2.60. The summed E-state index contributed by atoms with van der Waals surface area (Å²) in [6, 6.07) is 41.9. The van der Waals surface area contributed by atoms with Crippen LogP contribution < -0.4 is 0 Å². The Morgan fingerprint density at radius 3 is 2.09 bits per heavy atom. The molecule has 5 atom stereocenters. The maximum Gasteiger partial charge on any atom is 0.0503 e. The van der Waals surface area contributed by atoms with Crippen LogP contribution in [0.25, 0.3) is 21.9 Å². The fraction of sp³-hybridized carbons (Fsp3) is 0.176. The Labute approximate surface area is 199 Å². The first-order valence-corrected chi connectivity index (χ1v) is 12.7. The summed E-state index contributed by atoms with van der Waals surface area (Å²) < 4.78 is 0. The molecule has 0 aromatic heterocycles. The molecule has 5 aromatic rings. The van der Waals surface area contributed by atoms with Crippen LogP contribution in [0.5, 0.6) is 0 Å². The van der Waals surface area contributed by atoms with Crippen molar-refractivity contribution in [1.82, 2.24) is 0 Å². The lowest BCUT2D eigenvalue weighted by molar-refractivity contribution is 0.0821. The Morgan fingerprint density at radius 2 is 1.21 bits per heavy atom. The summed E-state index contributed by atoms with van der Waals surface area (Å²) in [4.78, 5) is 0. The second kappa shape index (κ2) is 5.88. The van der Waals surface area contributed by atoms with Gasteiger partial charge in [0.2, 0.25) is 0 Å². The Balaban J connectivity index is 1.40. The molecule has 5 aromatic carbocycles. The second-order valence-electron chi connectivity index (χ2n) is 10.8. The molecule has 2 unspecified atom stereocenters. The van der Waals surface area contributed by atoms with Gasteiger partial charge in [0.25, 0.3) is 0 Å². The highest BCUT2D eigenvalue weighted by Gasteiger charge is 2.69. The lowest BCUT2D eigenvalue weighted by atomic mass is 9.49. The van der Waals surface area contributed by atoms with Crippen LogP contribution in [0.1, 0.15) is 45.2 Å². The molecule has 0 aliphatic heterocycles. The third-order valence-corrected chi connectivity index (χ3v) is 9.76. The highest BCUT2D eigenvalue weighted by Crippen LogP contribution is 2.77. The SMILES string of the molecule is c1ccc2c(c1)C[C@@H]1[C@H]3C(c4ccccc4C34c3ccccc3-c3cc5ccccc5cc34)[C@H]21. The minimum absolute atomic E-state index is 0.0412. The lowest BCUT2D eigenvalue weighted by Crippen LogP contribution is -2.48. The van der Waals surface area contributed by atoms with Gasteiger partial charge in [-0.05, 0) is 97.5 Å². The highest BCUT2D eigenvalue weighted by molar-refractivity contribution is 5.95. The summed E-state index contributed by atoms with van der Waals surface area (Å²) in [5, 5.41) is 2.70. The fourth-order valence-electron chi connectivity index (χ4n) is 8.76. The number of hydrogen-bond acceptors (Lipinski definition) is 0. The van der Waals surface area contributed by atoms with Crippen molar-refractivity contribution in [2.24, 2.45) is 11.8 Å². The van der Waals surface area contributed by atoms with Crippen molar-refractivity contribution >= 4 is 10.8 Å². The zero-order chi connectivity index (χ0) is 22.0. The first-order valence-electron chi connectivity index (χ1n) is 12.7. The molecule has 34 heavy (non-hydrogen) atoms. The van der Waals surface area contributed by atoms with Crippen LogP contribution in [-0.2, 0) is 11.8 Å². The number of benzene rings is 5. The first-order chi connectivity index (χ1) is 16.9. The van der Waals surface area contributed by atoms with Crippen LogP contribution in [0.4, 0.5) is 0 Å². The predicted octanol–water partition coefficient (Wildman–Crippen LogP) is 7.84. The third kappa shape index (κ3) is 1.81. The van der Waals surface area contributed by atoms with Crippen molar-refractivity contribution in [3.8, 4) is 11.1 Å². The van der Waals surface area contributed by atoms with E-state index in [0.717, 1.165) is 0 Å². The van der Waals surface area contributed by atoms with Gasteiger partial charge in [-0.2, -0.15) is 0 Å². The Bertz CT molecular complexity index is 1670. The van der Waals surface area contributed by atoms with Crippen molar-refractivity contribution in [2.45, 2.75) is 23.7 Å². The molecule has 1 fully saturated rings. The van der Waals surface area contributed by atoms with Gasteiger partial charge in [0.1, 0.15) is 0 Å². The van der Waals surface area contributed by atoms with Crippen LogP contribution >= 0.6 is 0 Å². The minimum Gasteiger partial charge on any atom is -0.0620 e. The fourth-order valence-corrected chi connectivity index (χ4v) is 8.76. The monoisotopic (exact) mass is 432 g/mol. The normalized spacial score (nSPS) is 28.6. The molecule has 160 valence electrons. The summed E-state index contributed by atoms with van der Waals surface area (Å²) >= 11 is 0. The maximum atomic E-state index is 2.54. The summed E-state index contributed by atoms with van der Waals surface area (Å²) in [5.41, 5.74) is 12.3. The summed E-state index contributed by atoms with van der Waals surface area (Å²) in [7, 11) is 0. The van der Waals surface area contributed by atoms with E-state index in [-0.39, 0.29) is 5.41 Å². The molecular weight excluding hydrogens is 408 g/mol. The van der Waals surface area contributed by atoms with E-state index in [1.807, 2.05) is 0 Å². The molecule has 0 radical (unpaired) electrons. The number of rotatable bonds is 0. The highest BCUT2D eigenvalue weighted by atomic mass is 14.7. The van der Waals surface area contributed by atoms with E-state index in [4.69, 9.17) is 0 Å². The number of hydrogen-bond donors (Lipinski definition) is 0. The van der Waals surface area contributed by atoms with Gasteiger partial charge in [-0.15, -0.1) is 0 Å². The van der Waals surface area contributed by atoms with Crippen molar-refractivity contribution in [2.75, 3.05) is 0 Å². The Hall–Kier alpha value is -3.64. The van der Waals surface area contributed by atoms with E-state index in [9.17, 15) is 0 Å². The molecule has 0 N–H and O–H groups in total. The van der Waals surface area contributed by atoms with Gasteiger partial charge in [-0.25, -0.2) is 0 Å². The van der Waals surface area contributed by atoms with E-state index in [0.29, 0.717) is 23.7 Å². The number of fused-ring (bicyclic) bond motifs is 16. The maximum absolute atomic E-state index is 2.54. The second-order valence-corrected chi connectivity index (χ2v) is 10.8. The molecule has 0 heteroatoms. The van der Waals surface area contributed by atoms with Gasteiger partial charge in [0.05, 0.1) is 5.41 Å². The van der Waals surface area contributed by atoms with Crippen LogP contribution in [0.15, 0.2) is 109 Å². The molecule has 0 nitrogen and oxygen atoms in total. The van der Waals surface area contributed by atoms with Crippen molar-refractivity contribution in [3.63, 3.8) is 0 Å². The predicted molar refractivity (Wildman–Crippen MR) is 138 cm³/mol. The van der Waals surface area contributed by atoms with Crippen molar-refractivity contribution in [1.29, 1.82) is 0 Å². The van der Waals surface area contributed by atoms with Gasteiger partial charge in [0.15, 0.2) is 0 Å². The van der Waals surface area contributed by atoms with E-state index in [1.165, 1.54) is 33.9 Å². The average molecular weight is 433 g/mol.